The van der Waals surface area contributed by atoms with Gasteiger partial charge in [-0.05, 0) is 49.9 Å². The molecule has 1 saturated carbocycles. The van der Waals surface area contributed by atoms with Crippen LogP contribution in [0.2, 0.25) is 5.02 Å². The largest absolute Gasteiger partial charge is 0.390 e. The zero-order valence-corrected chi connectivity index (χ0v) is 19.5. The van der Waals surface area contributed by atoms with Crippen molar-refractivity contribution in [1.82, 2.24) is 14.3 Å². The first-order chi connectivity index (χ1) is 15.3. The van der Waals surface area contributed by atoms with Crippen LogP contribution in [-0.2, 0) is 15.7 Å². The summed E-state index contributed by atoms with van der Waals surface area (Å²) in [6, 6.07) is 0. The Hall–Kier alpha value is -0.970. The van der Waals surface area contributed by atoms with Gasteiger partial charge in [0.1, 0.15) is 0 Å². The average Bonchev–Trinajstić information content (AvgIpc) is 3.38. The van der Waals surface area contributed by atoms with Gasteiger partial charge in [0, 0.05) is 38.5 Å². The van der Waals surface area contributed by atoms with Gasteiger partial charge in [-0.2, -0.15) is 13.2 Å². The molecule has 0 aromatic carbocycles. The predicted octanol–water partition coefficient (Wildman–Crippen LogP) is 4.08. The minimum Gasteiger partial charge on any atom is -0.377 e. The fourth-order valence-electron chi connectivity index (χ4n) is 4.91. The Kier molecular flexibility index (Phi) is 7.95. The second kappa shape index (κ2) is 10.5. The topological polar surface area (TPSA) is 58.6 Å². The minimum absolute atomic E-state index is 0.0235. The van der Waals surface area contributed by atoms with Crippen molar-refractivity contribution in [2.45, 2.75) is 50.8 Å². The molecule has 3 fully saturated rings. The Morgan fingerprint density at radius 3 is 2.56 bits per heavy atom. The molecule has 1 aromatic rings. The Balaban J connectivity index is 1.09. The van der Waals surface area contributed by atoms with Crippen LogP contribution in [0.25, 0.3) is 0 Å². The van der Waals surface area contributed by atoms with Crippen molar-refractivity contribution in [1.29, 1.82) is 0 Å². The number of hydrogen-bond acceptors (Lipinski definition) is 5. The summed E-state index contributed by atoms with van der Waals surface area (Å²) in [6.45, 7) is 3.61. The van der Waals surface area contributed by atoms with Crippen molar-refractivity contribution >= 4 is 28.5 Å². The molecule has 3 heterocycles. The van der Waals surface area contributed by atoms with E-state index in [9.17, 15) is 17.4 Å². The Bertz CT molecular complexity index is 777. The first-order valence-electron chi connectivity index (χ1n) is 11.3. The molecule has 0 spiro atoms. The molecule has 11 heteroatoms. The summed E-state index contributed by atoms with van der Waals surface area (Å²) in [6.07, 6.45) is 3.30. The van der Waals surface area contributed by atoms with Crippen LogP contribution in [0.3, 0.4) is 0 Å². The molecule has 2 aliphatic heterocycles. The van der Waals surface area contributed by atoms with E-state index in [2.05, 4.69) is 14.9 Å². The molecule has 0 radical (unpaired) electrons. The second-order valence-electron chi connectivity index (χ2n) is 9.03. The summed E-state index contributed by atoms with van der Waals surface area (Å²) in [5, 5.41) is 0.548. The number of anilines is 1. The Labute approximate surface area is 194 Å². The third-order valence-electron chi connectivity index (χ3n) is 6.81. The number of aromatic nitrogens is 2. The molecule has 0 N–H and O–H groups in total. The van der Waals surface area contributed by atoms with Crippen LogP contribution in [-0.4, -0.2) is 69.3 Å². The van der Waals surface area contributed by atoms with Crippen molar-refractivity contribution in [3.63, 3.8) is 0 Å². The maximum atomic E-state index is 12.3. The molecule has 6 nitrogen and oxygen atoms in total. The first kappa shape index (κ1) is 24.2. The zero-order valence-electron chi connectivity index (χ0n) is 18.0. The van der Waals surface area contributed by atoms with Gasteiger partial charge in [-0.15, -0.1) is 0 Å². The van der Waals surface area contributed by atoms with Gasteiger partial charge < -0.3 is 9.64 Å². The van der Waals surface area contributed by atoms with Crippen LogP contribution in [0.15, 0.2) is 12.4 Å². The summed E-state index contributed by atoms with van der Waals surface area (Å²) in [5.41, 5.74) is 0. The highest BCUT2D eigenvalue weighted by atomic mass is 35.5. The molecule has 3 aliphatic rings. The van der Waals surface area contributed by atoms with Gasteiger partial charge in [-0.3, -0.25) is 0 Å². The molecule has 4 rings (SSSR count). The summed E-state index contributed by atoms with van der Waals surface area (Å²) in [5.74, 6) is 2.60. The lowest BCUT2D eigenvalue weighted by atomic mass is 9.90. The smallest absolute Gasteiger partial charge is 0.377 e. The minimum atomic E-state index is -4.26. The van der Waals surface area contributed by atoms with Crippen molar-refractivity contribution in [3.8, 4) is 0 Å². The summed E-state index contributed by atoms with van der Waals surface area (Å²) < 4.78 is 56.6. The first-order valence-corrected chi connectivity index (χ1v) is 13.0. The highest BCUT2D eigenvalue weighted by Gasteiger charge is 2.43. The third kappa shape index (κ3) is 6.77. The van der Waals surface area contributed by atoms with Crippen LogP contribution in [0.1, 0.15) is 38.5 Å². The normalized spacial score (nSPS) is 28.2. The van der Waals surface area contributed by atoms with Crippen LogP contribution in [0, 0.1) is 17.8 Å². The van der Waals surface area contributed by atoms with E-state index in [0.29, 0.717) is 30.6 Å². The van der Waals surface area contributed by atoms with Gasteiger partial charge in [0.05, 0.1) is 40.9 Å². The van der Waals surface area contributed by atoms with Crippen molar-refractivity contribution in [2.75, 3.05) is 43.4 Å². The van der Waals surface area contributed by atoms with E-state index >= 15 is 0 Å². The summed E-state index contributed by atoms with van der Waals surface area (Å²) in [4.78, 5) is 10.8. The second-order valence-corrected chi connectivity index (χ2v) is 11.0. The van der Waals surface area contributed by atoms with E-state index in [1.54, 1.807) is 16.7 Å². The zero-order chi connectivity index (χ0) is 22.7. The number of alkyl halides is 3. The van der Waals surface area contributed by atoms with Crippen LogP contribution in [0.5, 0.6) is 0 Å². The summed E-state index contributed by atoms with van der Waals surface area (Å²) >= 11 is 5.86. The molecular formula is C21H30ClF3N4O2S. The number of piperidine rings is 1. The fourth-order valence-corrected chi connectivity index (χ4v) is 6.32. The lowest BCUT2D eigenvalue weighted by Crippen LogP contribution is -2.35. The Morgan fingerprint density at radius 2 is 1.88 bits per heavy atom. The van der Waals surface area contributed by atoms with Gasteiger partial charge in [0.15, 0.2) is 0 Å². The maximum absolute atomic E-state index is 12.3. The molecule has 2 saturated heterocycles. The molecule has 0 amide bonds. The van der Waals surface area contributed by atoms with Crippen molar-refractivity contribution in [3.05, 3.63) is 17.4 Å². The van der Waals surface area contributed by atoms with E-state index in [0.717, 1.165) is 56.6 Å². The predicted molar refractivity (Wildman–Crippen MR) is 118 cm³/mol. The number of hydrogen-bond donors (Lipinski definition) is 0. The van der Waals surface area contributed by atoms with Crippen molar-refractivity contribution < 1.29 is 22.1 Å². The highest BCUT2D eigenvalue weighted by Crippen LogP contribution is 2.50. The standard InChI is InChI=1S/C21H30ClF3N4O2S/c22-17-12-26-20(27-13-17)28-6-1-15(2-7-28)19-11-16(19)4-9-31-18-3-8-29(14-18)32(30)10-5-21(23,24)25/h12-13,15-16,18-19H,1-11,14H2. The van der Waals surface area contributed by atoms with Crippen LogP contribution < -0.4 is 4.90 Å². The van der Waals surface area contributed by atoms with E-state index in [1.807, 2.05) is 0 Å². The van der Waals surface area contributed by atoms with E-state index in [1.165, 1.54) is 6.42 Å². The lowest BCUT2D eigenvalue weighted by Gasteiger charge is -2.32. The van der Waals surface area contributed by atoms with Crippen LogP contribution >= 0.6 is 11.6 Å². The molecule has 32 heavy (non-hydrogen) atoms. The molecule has 1 aliphatic carbocycles. The van der Waals surface area contributed by atoms with E-state index in [-0.39, 0.29) is 11.9 Å². The number of ether oxygens (including phenoxy) is 1. The summed E-state index contributed by atoms with van der Waals surface area (Å²) in [7, 11) is -1.58. The number of nitrogens with zero attached hydrogens (tertiary/aromatic N) is 4. The molecule has 180 valence electrons. The van der Waals surface area contributed by atoms with Gasteiger partial charge in [-0.1, -0.05) is 11.6 Å². The number of rotatable bonds is 9. The lowest BCUT2D eigenvalue weighted by molar-refractivity contribution is -0.129. The maximum Gasteiger partial charge on any atom is 0.390 e. The van der Waals surface area contributed by atoms with E-state index in [4.69, 9.17) is 16.3 Å². The molecule has 4 unspecified atom stereocenters. The molecule has 4 atom stereocenters. The van der Waals surface area contributed by atoms with Gasteiger partial charge in [0.2, 0.25) is 5.95 Å². The number of halogens is 4. The monoisotopic (exact) mass is 494 g/mol. The van der Waals surface area contributed by atoms with Gasteiger partial charge in [0.25, 0.3) is 0 Å². The van der Waals surface area contributed by atoms with Gasteiger partial charge in [-0.25, -0.2) is 18.5 Å². The van der Waals surface area contributed by atoms with Gasteiger partial charge >= 0.3 is 6.18 Å². The molecular weight excluding hydrogens is 465 g/mol. The average molecular weight is 495 g/mol. The molecule has 1 aromatic heterocycles. The quantitative estimate of drug-likeness (QED) is 0.517. The Morgan fingerprint density at radius 1 is 1.16 bits per heavy atom. The van der Waals surface area contributed by atoms with Crippen LogP contribution in [0.4, 0.5) is 19.1 Å². The molecule has 0 bridgehead atoms. The SMILES string of the molecule is O=S(CCC(F)(F)F)N1CCC(OCCC2CC2C2CCN(c3ncc(Cl)cn3)CC2)C1. The van der Waals surface area contributed by atoms with E-state index < -0.39 is 23.6 Å². The fraction of sp³-hybridized carbons (Fsp3) is 0.810. The third-order valence-corrected chi connectivity index (χ3v) is 8.47. The highest BCUT2D eigenvalue weighted by molar-refractivity contribution is 7.82. The van der Waals surface area contributed by atoms with Crippen molar-refractivity contribution in [2.24, 2.45) is 17.8 Å².